The Balaban J connectivity index is 2.38. The van der Waals surface area contributed by atoms with E-state index in [0.717, 1.165) is 22.4 Å². The minimum Gasteiger partial charge on any atom is -0.497 e. The highest BCUT2D eigenvalue weighted by atomic mass is 31.1. The maximum absolute atomic E-state index is 5.68. The van der Waals surface area contributed by atoms with Crippen molar-refractivity contribution < 1.29 is 14.2 Å². The predicted molar refractivity (Wildman–Crippen MR) is 97.8 cm³/mol. The molecule has 0 bridgehead atoms. The molecule has 0 saturated carbocycles. The number of hydrogen-bond acceptors (Lipinski definition) is 4. The van der Waals surface area contributed by atoms with Gasteiger partial charge in [0.15, 0.2) is 6.79 Å². The van der Waals surface area contributed by atoms with Crippen LogP contribution in [0.2, 0.25) is 0 Å². The second-order valence-corrected chi connectivity index (χ2v) is 6.34. The Morgan fingerprint density at radius 2 is 1.91 bits per heavy atom. The third-order valence-electron chi connectivity index (χ3n) is 3.26. The zero-order valence-corrected chi connectivity index (χ0v) is 14.9. The SMILES string of the molecule is C/N=C/c1cc(C)ccc1Pc1cc(OC)ccc1OCOC. The van der Waals surface area contributed by atoms with E-state index in [1.165, 1.54) is 10.9 Å². The highest BCUT2D eigenvalue weighted by molar-refractivity contribution is 7.56. The summed E-state index contributed by atoms with van der Waals surface area (Å²) in [4.78, 5) is 4.16. The first-order valence-corrected chi connectivity index (χ1v) is 8.27. The van der Waals surface area contributed by atoms with Gasteiger partial charge < -0.3 is 14.2 Å². The third-order valence-corrected chi connectivity index (χ3v) is 4.65. The number of methoxy groups -OCH3 is 2. The van der Waals surface area contributed by atoms with Gasteiger partial charge in [-0.05, 0) is 36.5 Å². The maximum atomic E-state index is 5.68. The van der Waals surface area contributed by atoms with Crippen LogP contribution in [0.5, 0.6) is 11.5 Å². The number of ether oxygens (including phenoxy) is 3. The van der Waals surface area contributed by atoms with Crippen LogP contribution < -0.4 is 20.1 Å². The summed E-state index contributed by atoms with van der Waals surface area (Å²) in [5.74, 6) is 1.63. The molecule has 0 heterocycles. The van der Waals surface area contributed by atoms with E-state index < -0.39 is 0 Å². The normalized spacial score (nSPS) is 11.5. The Bertz CT molecular complexity index is 686. The molecule has 0 amide bonds. The average molecular weight is 331 g/mol. The quantitative estimate of drug-likeness (QED) is 0.445. The number of nitrogens with zero attached hydrogens (tertiary/aromatic N) is 1. The fraction of sp³-hybridized carbons (Fsp3) is 0.278. The van der Waals surface area contributed by atoms with E-state index >= 15 is 0 Å². The number of aryl methyl sites for hydroxylation is 1. The number of rotatable bonds is 7. The first kappa shape index (κ1) is 17.5. The van der Waals surface area contributed by atoms with Crippen LogP contribution in [0, 0.1) is 6.92 Å². The van der Waals surface area contributed by atoms with Crippen molar-refractivity contribution in [1.82, 2.24) is 0 Å². The summed E-state index contributed by atoms with van der Waals surface area (Å²) < 4.78 is 16.0. The molecule has 0 saturated heterocycles. The summed E-state index contributed by atoms with van der Waals surface area (Å²) in [6.45, 7) is 2.31. The smallest absolute Gasteiger partial charge is 0.188 e. The number of benzene rings is 2. The van der Waals surface area contributed by atoms with E-state index in [0.29, 0.717) is 8.58 Å². The highest BCUT2D eigenvalue weighted by Crippen LogP contribution is 2.25. The zero-order valence-electron chi connectivity index (χ0n) is 13.9. The van der Waals surface area contributed by atoms with Crippen LogP contribution in [0.1, 0.15) is 11.1 Å². The second-order valence-electron chi connectivity index (χ2n) is 5.02. The van der Waals surface area contributed by atoms with Gasteiger partial charge in [-0.25, -0.2) is 0 Å². The van der Waals surface area contributed by atoms with E-state index in [4.69, 9.17) is 14.2 Å². The summed E-state index contributed by atoms with van der Waals surface area (Å²) in [5, 5.41) is 2.30. The second kappa shape index (κ2) is 8.66. The van der Waals surface area contributed by atoms with Crippen molar-refractivity contribution >= 4 is 25.4 Å². The monoisotopic (exact) mass is 331 g/mol. The lowest BCUT2D eigenvalue weighted by atomic mass is 10.1. The summed E-state index contributed by atoms with van der Waals surface area (Å²) in [5.41, 5.74) is 2.35. The molecule has 23 heavy (non-hydrogen) atoms. The van der Waals surface area contributed by atoms with Gasteiger partial charge in [0.05, 0.1) is 7.11 Å². The summed E-state index contributed by atoms with van der Waals surface area (Å²) in [6.07, 6.45) is 1.89. The maximum Gasteiger partial charge on any atom is 0.188 e. The van der Waals surface area contributed by atoms with E-state index in [2.05, 4.69) is 30.1 Å². The van der Waals surface area contributed by atoms with Crippen LogP contribution in [0.3, 0.4) is 0 Å². The van der Waals surface area contributed by atoms with Gasteiger partial charge in [0.2, 0.25) is 0 Å². The molecule has 5 heteroatoms. The fourth-order valence-corrected chi connectivity index (χ4v) is 3.40. The van der Waals surface area contributed by atoms with Crippen LogP contribution in [0.15, 0.2) is 41.4 Å². The minimum absolute atomic E-state index is 0.223. The molecule has 2 rings (SSSR count). The van der Waals surface area contributed by atoms with Gasteiger partial charge in [0, 0.05) is 31.2 Å². The van der Waals surface area contributed by atoms with Crippen LogP contribution in [-0.4, -0.2) is 34.3 Å². The molecule has 0 fully saturated rings. The van der Waals surface area contributed by atoms with Gasteiger partial charge in [-0.15, -0.1) is 0 Å². The molecule has 1 unspecified atom stereocenters. The van der Waals surface area contributed by atoms with Crippen molar-refractivity contribution in [2.75, 3.05) is 28.1 Å². The molecule has 0 radical (unpaired) electrons. The Hall–Kier alpha value is -1.90. The highest BCUT2D eigenvalue weighted by Gasteiger charge is 2.10. The Kier molecular flexibility index (Phi) is 6.57. The van der Waals surface area contributed by atoms with Gasteiger partial charge in [-0.3, -0.25) is 4.99 Å². The molecule has 2 aromatic carbocycles. The van der Waals surface area contributed by atoms with Crippen molar-refractivity contribution in [3.8, 4) is 11.5 Å². The molecule has 0 spiro atoms. The average Bonchev–Trinajstić information content (AvgIpc) is 2.56. The first-order chi connectivity index (χ1) is 11.2. The van der Waals surface area contributed by atoms with Gasteiger partial charge >= 0.3 is 0 Å². The zero-order chi connectivity index (χ0) is 16.7. The predicted octanol–water partition coefficient (Wildman–Crippen LogP) is 2.66. The van der Waals surface area contributed by atoms with Crippen molar-refractivity contribution in [3.63, 3.8) is 0 Å². The summed E-state index contributed by atoms with van der Waals surface area (Å²) in [6, 6.07) is 12.2. The third kappa shape index (κ3) is 4.78. The summed E-state index contributed by atoms with van der Waals surface area (Å²) in [7, 11) is 5.50. The van der Waals surface area contributed by atoms with Crippen LogP contribution in [0.4, 0.5) is 0 Å². The molecular weight excluding hydrogens is 309 g/mol. The first-order valence-electron chi connectivity index (χ1n) is 7.27. The molecule has 1 atom stereocenters. The van der Waals surface area contributed by atoms with E-state index in [9.17, 15) is 0 Å². The number of hydrogen-bond donors (Lipinski definition) is 0. The summed E-state index contributed by atoms with van der Waals surface area (Å²) >= 11 is 0. The molecule has 2 aromatic rings. The van der Waals surface area contributed by atoms with Gasteiger partial charge in [-0.2, -0.15) is 0 Å². The van der Waals surface area contributed by atoms with Gasteiger partial charge in [0.1, 0.15) is 11.5 Å². The van der Waals surface area contributed by atoms with E-state index in [1.54, 1.807) is 21.3 Å². The largest absolute Gasteiger partial charge is 0.497 e. The Morgan fingerprint density at radius 1 is 1.09 bits per heavy atom. The standard InChI is InChI=1S/C18H22NO3P/c1-13-5-8-17(14(9-13)11-19-2)23-18-10-15(21-4)6-7-16(18)22-12-20-3/h5-11,23H,12H2,1-4H3/b19-11+. The van der Waals surface area contributed by atoms with Gasteiger partial charge in [0.25, 0.3) is 0 Å². The lowest BCUT2D eigenvalue weighted by molar-refractivity contribution is 0.0519. The topological polar surface area (TPSA) is 40.0 Å². The molecule has 0 aliphatic carbocycles. The fourth-order valence-electron chi connectivity index (χ4n) is 2.17. The molecule has 0 aromatic heterocycles. The van der Waals surface area contributed by atoms with Crippen LogP contribution in [0.25, 0.3) is 0 Å². The lowest BCUT2D eigenvalue weighted by Gasteiger charge is -2.14. The van der Waals surface area contributed by atoms with Crippen LogP contribution in [-0.2, 0) is 4.74 Å². The van der Waals surface area contributed by atoms with Crippen molar-refractivity contribution in [1.29, 1.82) is 0 Å². The van der Waals surface area contributed by atoms with Gasteiger partial charge in [-0.1, -0.05) is 26.3 Å². The molecule has 0 aliphatic rings. The molecule has 0 N–H and O–H groups in total. The Morgan fingerprint density at radius 3 is 2.61 bits per heavy atom. The molecule has 122 valence electrons. The number of aliphatic imine (C=N–C) groups is 1. The van der Waals surface area contributed by atoms with Crippen molar-refractivity contribution in [2.24, 2.45) is 4.99 Å². The van der Waals surface area contributed by atoms with E-state index in [1.807, 2.05) is 24.4 Å². The molecule has 0 aliphatic heterocycles. The molecular formula is C18H22NO3P. The molecule has 4 nitrogen and oxygen atoms in total. The van der Waals surface area contributed by atoms with E-state index in [-0.39, 0.29) is 6.79 Å². The van der Waals surface area contributed by atoms with Crippen LogP contribution >= 0.6 is 8.58 Å². The Labute approximate surface area is 139 Å². The van der Waals surface area contributed by atoms with Crippen molar-refractivity contribution in [3.05, 3.63) is 47.5 Å². The lowest BCUT2D eigenvalue weighted by Crippen LogP contribution is -2.13. The minimum atomic E-state index is 0.223. The van der Waals surface area contributed by atoms with Crippen molar-refractivity contribution in [2.45, 2.75) is 6.92 Å².